The quantitative estimate of drug-likeness (QED) is 0.283. The van der Waals surface area contributed by atoms with E-state index >= 15 is 0 Å². The number of nitrogens with one attached hydrogen (secondary N) is 2. The Labute approximate surface area is 212 Å². The van der Waals surface area contributed by atoms with E-state index in [1.807, 2.05) is 37.3 Å². The Bertz CT molecular complexity index is 1490. The summed E-state index contributed by atoms with van der Waals surface area (Å²) < 4.78 is 24.7. The van der Waals surface area contributed by atoms with Gasteiger partial charge in [-0.25, -0.2) is 13.4 Å². The van der Waals surface area contributed by atoms with Crippen molar-refractivity contribution in [2.24, 2.45) is 0 Å². The molecule has 0 spiro atoms. The molecule has 0 bridgehead atoms. The number of sulfone groups is 1. The van der Waals surface area contributed by atoms with Crippen LogP contribution in [0.2, 0.25) is 0 Å². The van der Waals surface area contributed by atoms with E-state index in [0.29, 0.717) is 27.6 Å². The Kier molecular flexibility index (Phi) is 6.67. The van der Waals surface area contributed by atoms with Crippen LogP contribution in [0.4, 0.5) is 17.5 Å². The molecule has 10 nitrogen and oxygen atoms in total. The molecule has 3 heterocycles. The molecule has 4 aromatic rings. The first kappa shape index (κ1) is 24.3. The molecule has 12 heteroatoms. The summed E-state index contributed by atoms with van der Waals surface area (Å²) in [6.07, 6.45) is 0.915. The zero-order valence-electron chi connectivity index (χ0n) is 19.3. The van der Waals surface area contributed by atoms with Crippen LogP contribution in [-0.2, 0) is 9.84 Å². The summed E-state index contributed by atoms with van der Waals surface area (Å²) in [4.78, 5) is 9.20. The number of aliphatic hydroxyl groups is 2. The normalized spacial score (nSPS) is 17.2. The van der Waals surface area contributed by atoms with Gasteiger partial charge in [0.05, 0.1) is 35.0 Å². The lowest BCUT2D eigenvalue weighted by atomic mass is 10.1. The summed E-state index contributed by atoms with van der Waals surface area (Å²) in [6, 6.07) is 13.8. The lowest BCUT2D eigenvalue weighted by Crippen LogP contribution is -2.20. The molecule has 0 amide bonds. The highest BCUT2D eigenvalue weighted by molar-refractivity contribution is 7.91. The van der Waals surface area contributed by atoms with Gasteiger partial charge in [-0.1, -0.05) is 41.7 Å². The largest absolute Gasteiger partial charge is 0.394 e. The van der Waals surface area contributed by atoms with Crippen molar-refractivity contribution in [1.29, 1.82) is 0 Å². The topological polar surface area (TPSA) is 150 Å². The molecule has 2 aromatic carbocycles. The van der Waals surface area contributed by atoms with Gasteiger partial charge in [0.2, 0.25) is 5.95 Å². The molecular formula is C24H24N6O4S2. The SMILES string of the molecule is Cc1nnc(-c2cnc(Nc3ccc4c(c3)C(O)CCS4(=O)=O)nc2N[C@H](CO)c2ccccc2)s1. The number of hydrogen-bond acceptors (Lipinski definition) is 11. The Hall–Kier alpha value is -3.45. The molecule has 1 unspecified atom stereocenters. The highest BCUT2D eigenvalue weighted by Crippen LogP contribution is 2.35. The van der Waals surface area contributed by atoms with Gasteiger partial charge in [-0.3, -0.25) is 0 Å². The number of hydrogen-bond donors (Lipinski definition) is 4. The van der Waals surface area contributed by atoms with Gasteiger partial charge in [0.25, 0.3) is 0 Å². The third-order valence-electron chi connectivity index (χ3n) is 5.86. The van der Waals surface area contributed by atoms with Crippen molar-refractivity contribution >= 4 is 38.6 Å². The number of aromatic nitrogens is 4. The minimum Gasteiger partial charge on any atom is -0.394 e. The van der Waals surface area contributed by atoms with Crippen LogP contribution in [0.1, 0.15) is 34.7 Å². The number of benzene rings is 2. The van der Waals surface area contributed by atoms with E-state index < -0.39 is 22.0 Å². The zero-order valence-corrected chi connectivity index (χ0v) is 20.9. The maximum Gasteiger partial charge on any atom is 0.229 e. The molecule has 0 aliphatic carbocycles. The summed E-state index contributed by atoms with van der Waals surface area (Å²) in [5.74, 6) is 0.624. The molecule has 2 atom stereocenters. The van der Waals surface area contributed by atoms with Crippen molar-refractivity contribution in [3.63, 3.8) is 0 Å². The number of aliphatic hydroxyl groups excluding tert-OH is 2. The summed E-state index contributed by atoms with van der Waals surface area (Å²) in [5.41, 5.74) is 2.41. The molecule has 5 rings (SSSR count). The maximum atomic E-state index is 12.4. The van der Waals surface area contributed by atoms with Gasteiger partial charge in [0, 0.05) is 17.4 Å². The van der Waals surface area contributed by atoms with Gasteiger partial charge in [-0.05, 0) is 37.1 Å². The molecule has 36 heavy (non-hydrogen) atoms. The molecule has 0 fully saturated rings. The first-order valence-electron chi connectivity index (χ1n) is 11.3. The van der Waals surface area contributed by atoms with E-state index in [1.54, 1.807) is 18.3 Å². The number of fused-ring (bicyclic) bond motifs is 1. The van der Waals surface area contributed by atoms with Crippen LogP contribution in [0.5, 0.6) is 0 Å². The predicted octanol–water partition coefficient (Wildman–Crippen LogP) is 3.40. The molecule has 0 saturated carbocycles. The van der Waals surface area contributed by atoms with Crippen LogP contribution in [0, 0.1) is 6.92 Å². The fourth-order valence-electron chi connectivity index (χ4n) is 4.03. The van der Waals surface area contributed by atoms with E-state index in [0.717, 1.165) is 10.6 Å². The summed E-state index contributed by atoms with van der Waals surface area (Å²) >= 11 is 1.40. The van der Waals surface area contributed by atoms with E-state index in [-0.39, 0.29) is 29.6 Å². The van der Waals surface area contributed by atoms with Crippen LogP contribution < -0.4 is 10.6 Å². The van der Waals surface area contributed by atoms with Crippen LogP contribution in [0.15, 0.2) is 59.6 Å². The maximum absolute atomic E-state index is 12.4. The number of anilines is 3. The zero-order chi connectivity index (χ0) is 25.3. The molecule has 0 saturated heterocycles. The molecular weight excluding hydrogens is 500 g/mol. The Balaban J connectivity index is 1.50. The first-order valence-corrected chi connectivity index (χ1v) is 13.7. The Morgan fingerprint density at radius 3 is 2.69 bits per heavy atom. The van der Waals surface area contributed by atoms with Crippen LogP contribution in [0.25, 0.3) is 10.6 Å². The second kappa shape index (κ2) is 9.90. The third-order valence-corrected chi connectivity index (χ3v) is 8.55. The number of aryl methyl sites for hydroxylation is 1. The minimum absolute atomic E-state index is 0.0773. The van der Waals surface area contributed by atoms with Crippen LogP contribution in [-0.4, -0.2) is 51.2 Å². The molecule has 1 aliphatic heterocycles. The monoisotopic (exact) mass is 524 g/mol. The van der Waals surface area contributed by atoms with Crippen molar-refractivity contribution in [1.82, 2.24) is 20.2 Å². The number of rotatable bonds is 7. The van der Waals surface area contributed by atoms with Gasteiger partial charge >= 0.3 is 0 Å². The van der Waals surface area contributed by atoms with E-state index in [9.17, 15) is 18.6 Å². The van der Waals surface area contributed by atoms with Gasteiger partial charge in [-0.2, -0.15) is 4.98 Å². The Morgan fingerprint density at radius 1 is 1.17 bits per heavy atom. The summed E-state index contributed by atoms with van der Waals surface area (Å²) in [7, 11) is -3.41. The fraction of sp³-hybridized carbons (Fsp3) is 0.250. The smallest absolute Gasteiger partial charge is 0.229 e. The minimum atomic E-state index is -3.41. The van der Waals surface area contributed by atoms with Gasteiger partial charge in [-0.15, -0.1) is 10.2 Å². The predicted molar refractivity (Wildman–Crippen MR) is 137 cm³/mol. The van der Waals surface area contributed by atoms with E-state index in [4.69, 9.17) is 0 Å². The third kappa shape index (κ3) is 4.93. The average molecular weight is 525 g/mol. The van der Waals surface area contributed by atoms with Crippen molar-refractivity contribution in [3.8, 4) is 10.6 Å². The molecule has 1 aliphatic rings. The highest BCUT2D eigenvalue weighted by Gasteiger charge is 2.29. The molecule has 2 aromatic heterocycles. The lowest BCUT2D eigenvalue weighted by molar-refractivity contribution is 0.168. The van der Waals surface area contributed by atoms with Crippen molar-refractivity contribution < 1.29 is 18.6 Å². The van der Waals surface area contributed by atoms with Gasteiger partial charge < -0.3 is 20.8 Å². The van der Waals surface area contributed by atoms with E-state index in [2.05, 4.69) is 30.8 Å². The Morgan fingerprint density at radius 2 is 1.97 bits per heavy atom. The average Bonchev–Trinajstić information content (AvgIpc) is 3.31. The van der Waals surface area contributed by atoms with Crippen LogP contribution >= 0.6 is 11.3 Å². The van der Waals surface area contributed by atoms with Gasteiger partial charge in [0.15, 0.2) is 14.8 Å². The highest BCUT2D eigenvalue weighted by atomic mass is 32.2. The molecule has 4 N–H and O–H groups in total. The van der Waals surface area contributed by atoms with E-state index in [1.165, 1.54) is 17.4 Å². The fourth-order valence-corrected chi connectivity index (χ4v) is 6.32. The second-order valence-electron chi connectivity index (χ2n) is 8.37. The molecule has 186 valence electrons. The second-order valence-corrected chi connectivity index (χ2v) is 11.6. The molecule has 0 radical (unpaired) electrons. The van der Waals surface area contributed by atoms with Gasteiger partial charge in [0.1, 0.15) is 10.8 Å². The summed E-state index contributed by atoms with van der Waals surface area (Å²) in [5, 5.41) is 36.5. The first-order chi connectivity index (χ1) is 17.3. The van der Waals surface area contributed by atoms with Crippen molar-refractivity contribution in [2.45, 2.75) is 30.4 Å². The van der Waals surface area contributed by atoms with Crippen molar-refractivity contribution in [3.05, 3.63) is 70.9 Å². The summed E-state index contributed by atoms with van der Waals surface area (Å²) in [6.45, 7) is 1.69. The number of nitrogens with zero attached hydrogens (tertiary/aromatic N) is 4. The van der Waals surface area contributed by atoms with Crippen LogP contribution in [0.3, 0.4) is 0 Å². The van der Waals surface area contributed by atoms with Crippen molar-refractivity contribution in [2.75, 3.05) is 23.0 Å². The lowest BCUT2D eigenvalue weighted by Gasteiger charge is -2.22. The standard InChI is InChI=1S/C24H24N6O4S2/c1-14-29-30-23(35-14)18-12-25-24(28-22(18)27-19(13-31)15-5-3-2-4-6-15)26-16-7-8-21-17(11-16)20(32)9-10-36(21,33)34/h2-8,11-12,19-20,31-32H,9-10,13H2,1H3,(H2,25,26,27,28)/t19-,20?/m1/s1.